The third-order valence-corrected chi connectivity index (χ3v) is 3.13. The fourth-order valence-corrected chi connectivity index (χ4v) is 2.30. The van der Waals surface area contributed by atoms with Crippen molar-refractivity contribution in [3.8, 4) is 11.8 Å². The molecule has 2 rings (SSSR count). The smallest absolute Gasteiger partial charge is 0.260 e. The highest BCUT2D eigenvalue weighted by Gasteiger charge is 2.26. The number of carbonyl (C=O) groups is 1. The highest BCUT2D eigenvalue weighted by atomic mass is 16.5. The zero-order chi connectivity index (χ0) is 14.5. The van der Waals surface area contributed by atoms with E-state index in [1.54, 1.807) is 29.2 Å². The molecule has 106 valence electrons. The molecule has 1 aromatic carbocycles. The van der Waals surface area contributed by atoms with E-state index in [2.05, 4.69) is 0 Å². The number of hydrogen-bond acceptors (Lipinski definition) is 4. The number of nitriles is 1. The van der Waals surface area contributed by atoms with Crippen LogP contribution in [0.15, 0.2) is 24.3 Å². The first-order valence-electron chi connectivity index (χ1n) is 6.65. The van der Waals surface area contributed by atoms with Gasteiger partial charge in [-0.05, 0) is 26.0 Å². The minimum atomic E-state index is -0.0836. The zero-order valence-electron chi connectivity index (χ0n) is 11.7. The van der Waals surface area contributed by atoms with Crippen LogP contribution in [0, 0.1) is 11.3 Å². The summed E-state index contributed by atoms with van der Waals surface area (Å²) in [6.07, 6.45) is 0.0724. The molecule has 0 aromatic heterocycles. The van der Waals surface area contributed by atoms with Gasteiger partial charge in [-0.25, -0.2) is 0 Å². The monoisotopic (exact) mass is 274 g/mol. The van der Waals surface area contributed by atoms with E-state index in [0.29, 0.717) is 24.4 Å². The van der Waals surface area contributed by atoms with Crippen molar-refractivity contribution < 1.29 is 14.3 Å². The summed E-state index contributed by atoms with van der Waals surface area (Å²) in [6.45, 7) is 4.99. The SMILES string of the molecule is C[C@H]1CN(C(=O)COc2ccccc2C#N)C[C@H](C)O1. The van der Waals surface area contributed by atoms with Crippen molar-refractivity contribution in [2.24, 2.45) is 0 Å². The Morgan fingerprint density at radius 2 is 2.05 bits per heavy atom. The Kier molecular flexibility index (Phi) is 4.59. The van der Waals surface area contributed by atoms with Crippen LogP contribution in [0.2, 0.25) is 0 Å². The maximum Gasteiger partial charge on any atom is 0.260 e. The molecule has 0 unspecified atom stereocenters. The number of amides is 1. The molecule has 0 N–H and O–H groups in total. The van der Waals surface area contributed by atoms with E-state index in [-0.39, 0.29) is 24.7 Å². The molecule has 20 heavy (non-hydrogen) atoms. The molecule has 1 fully saturated rings. The molecule has 0 saturated carbocycles. The molecular formula is C15H18N2O3. The first kappa shape index (κ1) is 14.4. The van der Waals surface area contributed by atoms with Gasteiger partial charge in [-0.3, -0.25) is 4.79 Å². The number of para-hydroxylation sites is 1. The minimum Gasteiger partial charge on any atom is -0.482 e. The van der Waals surface area contributed by atoms with Gasteiger partial charge in [0.25, 0.3) is 5.91 Å². The van der Waals surface area contributed by atoms with Gasteiger partial charge >= 0.3 is 0 Å². The third-order valence-electron chi connectivity index (χ3n) is 3.13. The van der Waals surface area contributed by atoms with Crippen LogP contribution < -0.4 is 4.74 Å². The van der Waals surface area contributed by atoms with Crippen LogP contribution >= 0.6 is 0 Å². The van der Waals surface area contributed by atoms with Crippen LogP contribution in [0.25, 0.3) is 0 Å². The highest BCUT2D eigenvalue weighted by molar-refractivity contribution is 5.78. The number of rotatable bonds is 3. The highest BCUT2D eigenvalue weighted by Crippen LogP contribution is 2.17. The second kappa shape index (κ2) is 6.40. The molecule has 1 saturated heterocycles. The number of hydrogen-bond donors (Lipinski definition) is 0. The van der Waals surface area contributed by atoms with E-state index in [0.717, 1.165) is 0 Å². The number of carbonyl (C=O) groups excluding carboxylic acids is 1. The van der Waals surface area contributed by atoms with Gasteiger partial charge in [0.15, 0.2) is 6.61 Å². The van der Waals surface area contributed by atoms with Crippen molar-refractivity contribution in [1.82, 2.24) is 4.90 Å². The average Bonchev–Trinajstić information content (AvgIpc) is 2.44. The molecule has 0 aliphatic carbocycles. The quantitative estimate of drug-likeness (QED) is 0.839. The van der Waals surface area contributed by atoms with E-state index < -0.39 is 0 Å². The number of morpholine rings is 1. The van der Waals surface area contributed by atoms with Crippen molar-refractivity contribution in [3.63, 3.8) is 0 Å². The summed E-state index contributed by atoms with van der Waals surface area (Å²) in [5, 5.41) is 8.96. The summed E-state index contributed by atoms with van der Waals surface area (Å²) in [4.78, 5) is 13.9. The molecule has 1 aliphatic heterocycles. The Labute approximate surface area is 118 Å². The maximum absolute atomic E-state index is 12.1. The lowest BCUT2D eigenvalue weighted by molar-refractivity contribution is -0.145. The van der Waals surface area contributed by atoms with Crippen molar-refractivity contribution in [2.45, 2.75) is 26.1 Å². The van der Waals surface area contributed by atoms with Crippen LogP contribution in [0.5, 0.6) is 5.75 Å². The zero-order valence-corrected chi connectivity index (χ0v) is 11.7. The molecule has 1 aliphatic rings. The number of benzene rings is 1. The van der Waals surface area contributed by atoms with Gasteiger partial charge in [-0.15, -0.1) is 0 Å². The normalized spacial score (nSPS) is 22.1. The van der Waals surface area contributed by atoms with Gasteiger partial charge in [0.2, 0.25) is 0 Å². The predicted octanol–water partition coefficient (Wildman–Crippen LogP) is 1.57. The second-order valence-corrected chi connectivity index (χ2v) is 4.95. The molecule has 1 amide bonds. The Morgan fingerprint density at radius 3 is 2.70 bits per heavy atom. The maximum atomic E-state index is 12.1. The predicted molar refractivity (Wildman–Crippen MR) is 73.2 cm³/mol. The second-order valence-electron chi connectivity index (χ2n) is 4.95. The van der Waals surface area contributed by atoms with Crippen molar-refractivity contribution >= 4 is 5.91 Å². The first-order valence-corrected chi connectivity index (χ1v) is 6.65. The molecular weight excluding hydrogens is 256 g/mol. The van der Waals surface area contributed by atoms with Gasteiger partial charge in [0.05, 0.1) is 17.8 Å². The van der Waals surface area contributed by atoms with E-state index in [9.17, 15) is 4.79 Å². The van der Waals surface area contributed by atoms with Crippen LogP contribution in [-0.2, 0) is 9.53 Å². The lowest BCUT2D eigenvalue weighted by Crippen LogP contribution is -2.49. The molecule has 0 radical (unpaired) electrons. The summed E-state index contributed by atoms with van der Waals surface area (Å²) in [5.74, 6) is 0.359. The van der Waals surface area contributed by atoms with Crippen LogP contribution in [0.4, 0.5) is 0 Å². The summed E-state index contributed by atoms with van der Waals surface area (Å²) >= 11 is 0. The van der Waals surface area contributed by atoms with E-state index in [4.69, 9.17) is 14.7 Å². The first-order chi connectivity index (χ1) is 9.60. The number of nitrogens with zero attached hydrogens (tertiary/aromatic N) is 2. The topological polar surface area (TPSA) is 62.6 Å². The number of ether oxygens (including phenoxy) is 2. The van der Waals surface area contributed by atoms with Gasteiger partial charge in [0.1, 0.15) is 11.8 Å². The van der Waals surface area contributed by atoms with Crippen molar-refractivity contribution in [3.05, 3.63) is 29.8 Å². The average molecular weight is 274 g/mol. The Bertz CT molecular complexity index is 514. The molecule has 0 bridgehead atoms. The molecule has 2 atom stereocenters. The van der Waals surface area contributed by atoms with Crippen LogP contribution in [-0.4, -0.2) is 42.7 Å². The van der Waals surface area contributed by atoms with Gasteiger partial charge in [-0.2, -0.15) is 5.26 Å². The standard InChI is InChI=1S/C15H18N2O3/c1-11-8-17(9-12(2)20-11)15(18)10-19-14-6-4-3-5-13(14)7-16/h3-6,11-12H,8-10H2,1-2H3/t11-,12-/m0/s1. The Balaban J connectivity index is 1.94. The summed E-state index contributed by atoms with van der Waals surface area (Å²) in [6, 6.07) is 8.94. The van der Waals surface area contributed by atoms with Crippen molar-refractivity contribution in [2.75, 3.05) is 19.7 Å². The lowest BCUT2D eigenvalue weighted by atomic mass is 10.2. The van der Waals surface area contributed by atoms with Crippen molar-refractivity contribution in [1.29, 1.82) is 5.26 Å². The third kappa shape index (κ3) is 3.49. The summed E-state index contributed by atoms with van der Waals surface area (Å²) in [7, 11) is 0. The van der Waals surface area contributed by atoms with E-state index in [1.165, 1.54) is 0 Å². The molecule has 1 aromatic rings. The van der Waals surface area contributed by atoms with E-state index >= 15 is 0 Å². The summed E-state index contributed by atoms with van der Waals surface area (Å²) < 4.78 is 11.0. The van der Waals surface area contributed by atoms with Gasteiger partial charge in [0, 0.05) is 13.1 Å². The Morgan fingerprint density at radius 1 is 1.40 bits per heavy atom. The van der Waals surface area contributed by atoms with Crippen LogP contribution in [0.1, 0.15) is 19.4 Å². The molecule has 1 heterocycles. The summed E-state index contributed by atoms with van der Waals surface area (Å²) in [5.41, 5.74) is 0.434. The molecule has 5 nitrogen and oxygen atoms in total. The fourth-order valence-electron chi connectivity index (χ4n) is 2.30. The largest absolute Gasteiger partial charge is 0.482 e. The molecule has 0 spiro atoms. The lowest BCUT2D eigenvalue weighted by Gasteiger charge is -2.35. The Hall–Kier alpha value is -2.06. The van der Waals surface area contributed by atoms with Crippen LogP contribution in [0.3, 0.4) is 0 Å². The fraction of sp³-hybridized carbons (Fsp3) is 0.467. The molecule has 5 heteroatoms. The van der Waals surface area contributed by atoms with E-state index in [1.807, 2.05) is 19.9 Å². The van der Waals surface area contributed by atoms with Gasteiger partial charge in [-0.1, -0.05) is 12.1 Å². The van der Waals surface area contributed by atoms with Gasteiger partial charge < -0.3 is 14.4 Å². The minimum absolute atomic E-state index is 0.0362.